The Morgan fingerprint density at radius 2 is 1.77 bits per heavy atom. The lowest BCUT2D eigenvalue weighted by atomic mass is 10.0. The first kappa shape index (κ1) is 30.3. The number of fused-ring (bicyclic) bond motifs is 1. The van der Waals surface area contributed by atoms with Crippen LogP contribution in [0.1, 0.15) is 37.0 Å². The molecule has 11 nitrogen and oxygen atoms in total. The van der Waals surface area contributed by atoms with Gasteiger partial charge in [0.05, 0.1) is 25.8 Å². The lowest BCUT2D eigenvalue weighted by Gasteiger charge is -2.27. The maximum absolute atomic E-state index is 13.2. The highest BCUT2D eigenvalue weighted by molar-refractivity contribution is 5.99. The molecule has 0 aromatic heterocycles. The average molecular weight is 555 g/mol. The normalized spacial score (nSPS) is 18.8. The quantitative estimate of drug-likeness (QED) is 0.444. The van der Waals surface area contributed by atoms with E-state index >= 15 is 0 Å². The summed E-state index contributed by atoms with van der Waals surface area (Å²) in [7, 11) is 3.22. The molecule has 0 unspecified atom stereocenters. The zero-order valence-corrected chi connectivity index (χ0v) is 23.4. The van der Waals surface area contributed by atoms with Crippen molar-refractivity contribution >= 4 is 23.6 Å². The van der Waals surface area contributed by atoms with Crippen LogP contribution < -0.4 is 30.2 Å². The lowest BCUT2D eigenvalue weighted by molar-refractivity contribution is -0.137. The summed E-state index contributed by atoms with van der Waals surface area (Å²) in [5.41, 5.74) is 0.247. The molecular weight excluding hydrogens is 516 g/mol. The van der Waals surface area contributed by atoms with Crippen LogP contribution in [0.5, 0.6) is 17.2 Å². The second-order valence-electron chi connectivity index (χ2n) is 9.77. The molecule has 0 saturated heterocycles. The van der Waals surface area contributed by atoms with Crippen molar-refractivity contribution < 1.29 is 33.4 Å². The Morgan fingerprint density at radius 1 is 1.07 bits per heavy atom. The number of carbonyl (C=O) groups is 4. The van der Waals surface area contributed by atoms with E-state index in [9.17, 15) is 19.2 Å². The molecule has 3 N–H and O–H groups in total. The number of hydrogen-bond donors (Lipinski definition) is 3. The van der Waals surface area contributed by atoms with Crippen LogP contribution in [-0.4, -0.2) is 81.1 Å². The van der Waals surface area contributed by atoms with Gasteiger partial charge in [0.2, 0.25) is 17.7 Å². The predicted molar refractivity (Wildman–Crippen MR) is 148 cm³/mol. The first-order valence-electron chi connectivity index (χ1n) is 13.3. The fourth-order valence-electron chi connectivity index (χ4n) is 4.10. The van der Waals surface area contributed by atoms with Gasteiger partial charge >= 0.3 is 0 Å². The fourth-order valence-corrected chi connectivity index (χ4v) is 4.10. The van der Waals surface area contributed by atoms with Crippen LogP contribution in [0.4, 0.5) is 0 Å². The highest BCUT2D eigenvalue weighted by Crippen LogP contribution is 2.19. The highest BCUT2D eigenvalue weighted by atomic mass is 16.5. The van der Waals surface area contributed by atoms with Gasteiger partial charge in [0, 0.05) is 13.5 Å². The van der Waals surface area contributed by atoms with Gasteiger partial charge in [-0.1, -0.05) is 26.0 Å². The van der Waals surface area contributed by atoms with Gasteiger partial charge in [-0.05, 0) is 48.7 Å². The number of benzene rings is 2. The minimum Gasteiger partial charge on any atom is -0.497 e. The zero-order chi connectivity index (χ0) is 29.1. The molecule has 1 aliphatic rings. The number of carbonyl (C=O) groups excluding carboxylic acids is 4. The maximum atomic E-state index is 13.2. The Bertz CT molecular complexity index is 1170. The second-order valence-corrected chi connectivity index (χ2v) is 9.77. The molecule has 216 valence electrons. The third-order valence-electron chi connectivity index (χ3n) is 6.45. The van der Waals surface area contributed by atoms with E-state index in [0.29, 0.717) is 17.2 Å². The molecule has 0 fully saturated rings. The van der Waals surface area contributed by atoms with E-state index in [1.165, 1.54) is 4.90 Å². The van der Waals surface area contributed by atoms with Crippen LogP contribution in [0.3, 0.4) is 0 Å². The van der Waals surface area contributed by atoms with Crippen LogP contribution in [0.15, 0.2) is 48.5 Å². The Kier molecular flexibility index (Phi) is 11.2. The zero-order valence-electron chi connectivity index (χ0n) is 23.4. The second kappa shape index (κ2) is 14.8. The molecule has 0 radical (unpaired) electrons. The third-order valence-corrected chi connectivity index (χ3v) is 6.45. The largest absolute Gasteiger partial charge is 0.497 e. The van der Waals surface area contributed by atoms with Gasteiger partial charge in [-0.25, -0.2) is 0 Å². The molecule has 3 rings (SSSR count). The highest BCUT2D eigenvalue weighted by Gasteiger charge is 2.29. The van der Waals surface area contributed by atoms with E-state index in [0.717, 1.165) is 0 Å². The van der Waals surface area contributed by atoms with Gasteiger partial charge in [-0.3, -0.25) is 19.2 Å². The van der Waals surface area contributed by atoms with Crippen molar-refractivity contribution in [1.82, 2.24) is 20.9 Å². The topological polar surface area (TPSA) is 135 Å². The molecule has 2 aromatic rings. The standard InChI is InChI=1S/C29H38N4O7/c1-19(2)26-29(37)33(3)16-18-40-24-8-6-5-7-22(24)27(35)31-23(13-14-25(34)32-26)28(36)30-15-17-39-21-11-9-20(38-4)10-12-21/h5-12,19,23,26H,13-18H2,1-4H3,(H,30,36)(H,31,35)(H,32,34)/t23-,26-/m0/s1. The number of para-hydroxylation sites is 1. The van der Waals surface area contributed by atoms with Crippen LogP contribution in [0.25, 0.3) is 0 Å². The first-order chi connectivity index (χ1) is 19.2. The molecule has 1 aliphatic heterocycles. The van der Waals surface area contributed by atoms with Gasteiger partial charge in [-0.2, -0.15) is 0 Å². The number of hydrogen-bond acceptors (Lipinski definition) is 7. The number of amides is 4. The maximum Gasteiger partial charge on any atom is 0.255 e. The molecule has 11 heteroatoms. The van der Waals surface area contributed by atoms with Gasteiger partial charge in [-0.15, -0.1) is 0 Å². The Balaban J connectivity index is 1.72. The monoisotopic (exact) mass is 554 g/mol. The Labute approximate surface area is 234 Å². The summed E-state index contributed by atoms with van der Waals surface area (Å²) in [6, 6.07) is 12.0. The minimum atomic E-state index is -1.01. The molecule has 0 saturated carbocycles. The van der Waals surface area contributed by atoms with E-state index in [1.54, 1.807) is 62.7 Å². The average Bonchev–Trinajstić information content (AvgIpc) is 2.95. The third kappa shape index (κ3) is 8.62. The molecule has 40 heavy (non-hydrogen) atoms. The van der Waals surface area contributed by atoms with Gasteiger partial charge < -0.3 is 35.1 Å². The van der Waals surface area contributed by atoms with E-state index < -0.39 is 23.9 Å². The van der Waals surface area contributed by atoms with Gasteiger partial charge in [0.15, 0.2) is 0 Å². The molecule has 2 atom stereocenters. The summed E-state index contributed by atoms with van der Waals surface area (Å²) >= 11 is 0. The summed E-state index contributed by atoms with van der Waals surface area (Å²) in [5.74, 6) is -0.0998. The lowest BCUT2D eigenvalue weighted by Crippen LogP contribution is -2.51. The number of nitrogens with one attached hydrogen (secondary N) is 3. The summed E-state index contributed by atoms with van der Waals surface area (Å²) in [6.07, 6.45) is -0.0420. The number of nitrogens with zero attached hydrogens (tertiary/aromatic N) is 1. The van der Waals surface area contributed by atoms with Crippen molar-refractivity contribution in [3.63, 3.8) is 0 Å². The Hall–Kier alpha value is -4.28. The minimum absolute atomic E-state index is 0.0284. The predicted octanol–water partition coefficient (Wildman–Crippen LogP) is 1.76. The summed E-state index contributed by atoms with van der Waals surface area (Å²) in [6.45, 7) is 4.48. The van der Waals surface area contributed by atoms with Gasteiger partial charge in [0.1, 0.15) is 42.5 Å². The van der Waals surface area contributed by atoms with Gasteiger partial charge in [0.25, 0.3) is 5.91 Å². The summed E-state index contributed by atoms with van der Waals surface area (Å²) < 4.78 is 16.6. The van der Waals surface area contributed by atoms with Crippen molar-refractivity contribution in [2.24, 2.45) is 5.92 Å². The first-order valence-corrected chi connectivity index (χ1v) is 13.3. The van der Waals surface area contributed by atoms with E-state index in [1.807, 2.05) is 13.8 Å². The van der Waals surface area contributed by atoms with Crippen molar-refractivity contribution in [2.75, 3.05) is 40.5 Å². The SMILES string of the molecule is COc1ccc(OCCNC(=O)[C@@H]2CCC(=O)N[C@@H](C(C)C)C(=O)N(C)CCOc3ccccc3C(=O)N2)cc1. The summed E-state index contributed by atoms with van der Waals surface area (Å²) in [4.78, 5) is 53.6. The molecule has 0 aliphatic carbocycles. The fraction of sp³-hybridized carbons (Fsp3) is 0.448. The molecule has 1 heterocycles. The van der Waals surface area contributed by atoms with Crippen molar-refractivity contribution in [1.29, 1.82) is 0 Å². The number of likely N-dealkylation sites (N-methyl/N-ethyl adjacent to an activating group) is 1. The van der Waals surface area contributed by atoms with Crippen molar-refractivity contribution in [2.45, 2.75) is 38.8 Å². The van der Waals surface area contributed by atoms with Crippen LogP contribution in [0, 0.1) is 5.92 Å². The molecular formula is C29H38N4O7. The van der Waals surface area contributed by atoms with Crippen molar-refractivity contribution in [3.05, 3.63) is 54.1 Å². The van der Waals surface area contributed by atoms with Crippen LogP contribution in [0.2, 0.25) is 0 Å². The number of ether oxygens (including phenoxy) is 3. The van der Waals surface area contributed by atoms with Crippen LogP contribution >= 0.6 is 0 Å². The molecule has 4 amide bonds. The van der Waals surface area contributed by atoms with Crippen molar-refractivity contribution in [3.8, 4) is 17.2 Å². The summed E-state index contributed by atoms with van der Waals surface area (Å²) in [5, 5.41) is 8.29. The number of methoxy groups -OCH3 is 1. The van der Waals surface area contributed by atoms with E-state index in [4.69, 9.17) is 14.2 Å². The van der Waals surface area contributed by atoms with E-state index in [2.05, 4.69) is 16.0 Å². The van der Waals surface area contributed by atoms with Crippen LogP contribution in [-0.2, 0) is 14.4 Å². The Morgan fingerprint density at radius 3 is 2.48 bits per heavy atom. The smallest absolute Gasteiger partial charge is 0.255 e. The molecule has 0 bridgehead atoms. The van der Waals surface area contributed by atoms with E-state index in [-0.39, 0.29) is 62.4 Å². The molecule has 2 aromatic carbocycles. The number of rotatable bonds is 7. The molecule has 0 spiro atoms.